The molecule has 2 N–H and O–H groups in total. The third kappa shape index (κ3) is 3.67. The smallest absolute Gasteiger partial charge is 0.270 e. The second-order valence-corrected chi connectivity index (χ2v) is 4.56. The van der Waals surface area contributed by atoms with E-state index >= 15 is 0 Å². The van der Waals surface area contributed by atoms with Gasteiger partial charge < -0.3 is 10.5 Å². The summed E-state index contributed by atoms with van der Waals surface area (Å²) in [6, 6.07) is 13.2. The Labute approximate surface area is 125 Å². The zero-order valence-corrected chi connectivity index (χ0v) is 11.5. The number of oxime groups is 1. The van der Waals surface area contributed by atoms with Crippen molar-refractivity contribution in [2.24, 2.45) is 5.16 Å². The van der Waals surface area contributed by atoms with Crippen LogP contribution in [0, 0.1) is 0 Å². The van der Waals surface area contributed by atoms with Crippen LogP contribution in [-0.4, -0.2) is 23.1 Å². The van der Waals surface area contributed by atoms with E-state index in [0.29, 0.717) is 16.8 Å². The zero-order chi connectivity index (χ0) is 15.2. The summed E-state index contributed by atoms with van der Waals surface area (Å²) in [5.41, 5.74) is 1.03. The van der Waals surface area contributed by atoms with Crippen LogP contribution in [0.1, 0.15) is 15.9 Å². The van der Waals surface area contributed by atoms with Gasteiger partial charge in [0.25, 0.3) is 5.91 Å². The van der Waals surface area contributed by atoms with Crippen molar-refractivity contribution in [2.75, 3.05) is 5.32 Å². The molecule has 0 aliphatic rings. The maximum absolute atomic E-state index is 12.5. The van der Waals surface area contributed by atoms with E-state index in [4.69, 9.17) is 16.8 Å². The van der Waals surface area contributed by atoms with Gasteiger partial charge in [0.05, 0.1) is 5.69 Å². The Morgan fingerprint density at radius 3 is 2.52 bits per heavy atom. The molecule has 5 nitrogen and oxygen atoms in total. The van der Waals surface area contributed by atoms with Crippen molar-refractivity contribution < 1.29 is 14.8 Å². The average Bonchev–Trinajstić information content (AvgIpc) is 2.49. The van der Waals surface area contributed by atoms with Gasteiger partial charge in [-0.3, -0.25) is 9.59 Å². The van der Waals surface area contributed by atoms with Gasteiger partial charge in [0, 0.05) is 16.1 Å². The molecule has 2 aromatic carbocycles. The normalized spacial score (nSPS) is 10.5. The number of ketones is 1. The minimum absolute atomic E-state index is 0.258. The van der Waals surface area contributed by atoms with Crippen LogP contribution in [0.25, 0.3) is 0 Å². The number of carbonyl (C=O) groups excluding carboxylic acids is 2. The van der Waals surface area contributed by atoms with Gasteiger partial charge in [-0.1, -0.05) is 47.1 Å². The summed E-state index contributed by atoms with van der Waals surface area (Å²) >= 11 is 5.91. The van der Waals surface area contributed by atoms with Crippen LogP contribution in [0.5, 0.6) is 0 Å². The molecule has 0 aliphatic heterocycles. The van der Waals surface area contributed by atoms with Gasteiger partial charge in [-0.15, -0.1) is 0 Å². The molecule has 0 saturated carbocycles. The average molecular weight is 303 g/mol. The lowest BCUT2D eigenvalue weighted by Crippen LogP contribution is -2.16. The molecule has 2 rings (SSSR count). The lowest BCUT2D eigenvalue weighted by atomic mass is 10.0. The minimum Gasteiger partial charge on any atom is -0.411 e. The number of anilines is 1. The van der Waals surface area contributed by atoms with E-state index < -0.39 is 5.91 Å². The molecular formula is C15H11ClN2O3. The van der Waals surface area contributed by atoms with E-state index in [2.05, 4.69) is 10.5 Å². The summed E-state index contributed by atoms with van der Waals surface area (Å²) in [4.78, 5) is 23.9. The van der Waals surface area contributed by atoms with Crippen molar-refractivity contribution in [3.8, 4) is 0 Å². The van der Waals surface area contributed by atoms with Gasteiger partial charge in [0.2, 0.25) is 0 Å². The summed E-state index contributed by atoms with van der Waals surface area (Å²) in [5, 5.41) is 13.8. The lowest BCUT2D eigenvalue weighted by molar-refractivity contribution is -0.110. The molecule has 0 bridgehead atoms. The lowest BCUT2D eigenvalue weighted by Gasteiger charge is -2.09. The highest BCUT2D eigenvalue weighted by Crippen LogP contribution is 2.23. The molecule has 0 radical (unpaired) electrons. The molecule has 1 amide bonds. The second-order valence-electron chi connectivity index (χ2n) is 4.12. The van der Waals surface area contributed by atoms with Crippen molar-refractivity contribution in [3.63, 3.8) is 0 Å². The monoisotopic (exact) mass is 302 g/mol. The molecule has 106 valence electrons. The number of nitrogens with zero attached hydrogens (tertiary/aromatic N) is 1. The molecule has 0 aliphatic carbocycles. The summed E-state index contributed by atoms with van der Waals surface area (Å²) < 4.78 is 0. The second kappa shape index (κ2) is 6.67. The van der Waals surface area contributed by atoms with E-state index in [1.54, 1.807) is 36.4 Å². The number of carbonyl (C=O) groups is 2. The van der Waals surface area contributed by atoms with Crippen molar-refractivity contribution in [2.45, 2.75) is 0 Å². The van der Waals surface area contributed by atoms with E-state index in [-0.39, 0.29) is 17.0 Å². The quantitative estimate of drug-likeness (QED) is 0.394. The number of rotatable bonds is 4. The standard InChI is InChI=1S/C15H11ClN2O3/c16-11-6-7-13(18-14(19)9-17-21)12(8-11)15(20)10-4-2-1-3-5-10/h1-9,21H,(H,18,19). The van der Waals surface area contributed by atoms with E-state index in [0.717, 1.165) is 0 Å². The number of hydrogen-bond acceptors (Lipinski definition) is 4. The fourth-order valence-corrected chi connectivity index (χ4v) is 1.95. The molecule has 21 heavy (non-hydrogen) atoms. The fraction of sp³-hybridized carbons (Fsp3) is 0. The zero-order valence-electron chi connectivity index (χ0n) is 10.8. The van der Waals surface area contributed by atoms with E-state index in [9.17, 15) is 9.59 Å². The van der Waals surface area contributed by atoms with Crippen LogP contribution >= 0.6 is 11.6 Å². The first-order chi connectivity index (χ1) is 10.1. The molecular weight excluding hydrogens is 292 g/mol. The summed E-state index contributed by atoms with van der Waals surface area (Å²) in [7, 11) is 0. The Balaban J connectivity index is 2.40. The van der Waals surface area contributed by atoms with Crippen LogP contribution < -0.4 is 5.32 Å². The van der Waals surface area contributed by atoms with Crippen LogP contribution in [0.15, 0.2) is 53.7 Å². The van der Waals surface area contributed by atoms with Crippen molar-refractivity contribution in [1.29, 1.82) is 0 Å². The maximum atomic E-state index is 12.5. The Kier molecular flexibility index (Phi) is 4.68. The largest absolute Gasteiger partial charge is 0.411 e. The molecule has 0 heterocycles. The summed E-state index contributed by atoms with van der Waals surface area (Å²) in [5.74, 6) is -0.920. The molecule has 0 fully saturated rings. The molecule has 0 atom stereocenters. The van der Waals surface area contributed by atoms with Crippen LogP contribution in [0.3, 0.4) is 0 Å². The van der Waals surface area contributed by atoms with Gasteiger partial charge in [0.15, 0.2) is 5.78 Å². The fourth-order valence-electron chi connectivity index (χ4n) is 1.78. The van der Waals surface area contributed by atoms with Crippen LogP contribution in [-0.2, 0) is 4.79 Å². The molecule has 6 heteroatoms. The molecule has 0 saturated heterocycles. The first-order valence-corrected chi connectivity index (χ1v) is 6.37. The van der Waals surface area contributed by atoms with Gasteiger partial charge in [-0.05, 0) is 18.2 Å². The Bertz CT molecular complexity index is 699. The Morgan fingerprint density at radius 2 is 1.86 bits per heavy atom. The molecule has 0 aromatic heterocycles. The third-order valence-electron chi connectivity index (χ3n) is 2.70. The highest BCUT2D eigenvalue weighted by molar-refractivity contribution is 6.33. The third-order valence-corrected chi connectivity index (χ3v) is 2.93. The molecule has 0 unspecified atom stereocenters. The van der Waals surface area contributed by atoms with Gasteiger partial charge >= 0.3 is 0 Å². The minimum atomic E-state index is -0.651. The predicted molar refractivity (Wildman–Crippen MR) is 80.2 cm³/mol. The topological polar surface area (TPSA) is 78.8 Å². The number of nitrogens with one attached hydrogen (secondary N) is 1. The Hall–Kier alpha value is -2.66. The summed E-state index contributed by atoms with van der Waals surface area (Å²) in [6.45, 7) is 0. The van der Waals surface area contributed by atoms with Gasteiger partial charge in [-0.25, -0.2) is 0 Å². The number of halogens is 1. The SMILES string of the molecule is O=C(C=NO)Nc1ccc(Cl)cc1C(=O)c1ccccc1. The van der Waals surface area contributed by atoms with Gasteiger partial charge in [0.1, 0.15) is 6.21 Å². The maximum Gasteiger partial charge on any atom is 0.270 e. The number of amides is 1. The number of hydrogen-bond donors (Lipinski definition) is 2. The first-order valence-electron chi connectivity index (χ1n) is 5.99. The summed E-state index contributed by atoms with van der Waals surface area (Å²) in [6.07, 6.45) is 0.700. The Morgan fingerprint density at radius 1 is 1.14 bits per heavy atom. The van der Waals surface area contributed by atoms with Gasteiger partial charge in [-0.2, -0.15) is 0 Å². The predicted octanol–water partition coefficient (Wildman–Crippen LogP) is 2.97. The first kappa shape index (κ1) is 14.7. The molecule has 0 spiro atoms. The van der Waals surface area contributed by atoms with E-state index in [1.807, 2.05) is 0 Å². The van der Waals surface area contributed by atoms with Crippen LogP contribution in [0.4, 0.5) is 5.69 Å². The number of benzene rings is 2. The van der Waals surface area contributed by atoms with E-state index in [1.165, 1.54) is 12.1 Å². The van der Waals surface area contributed by atoms with Crippen LogP contribution in [0.2, 0.25) is 5.02 Å². The highest BCUT2D eigenvalue weighted by Gasteiger charge is 2.15. The van der Waals surface area contributed by atoms with Crippen molar-refractivity contribution in [3.05, 3.63) is 64.7 Å². The van der Waals surface area contributed by atoms with Crippen molar-refractivity contribution >= 4 is 35.2 Å². The van der Waals surface area contributed by atoms with Crippen molar-refractivity contribution in [1.82, 2.24) is 0 Å². The highest BCUT2D eigenvalue weighted by atomic mass is 35.5. The molecule has 2 aromatic rings.